The van der Waals surface area contributed by atoms with Gasteiger partial charge in [0, 0.05) is 32.4 Å². The lowest BCUT2D eigenvalue weighted by Crippen LogP contribution is -2.36. The van der Waals surface area contributed by atoms with E-state index in [0.29, 0.717) is 18.9 Å². The van der Waals surface area contributed by atoms with E-state index in [1.54, 1.807) is 31.3 Å². The molecule has 3 rings (SSSR count). The molecule has 0 saturated carbocycles. The van der Waals surface area contributed by atoms with Crippen molar-refractivity contribution in [2.45, 2.75) is 18.4 Å². The average molecular weight is 391 g/mol. The predicted octanol–water partition coefficient (Wildman–Crippen LogP) is 2.74. The second kappa shape index (κ2) is 8.73. The highest BCUT2D eigenvalue weighted by Gasteiger charge is 2.21. The van der Waals surface area contributed by atoms with Gasteiger partial charge in [-0.1, -0.05) is 12.1 Å². The van der Waals surface area contributed by atoms with Crippen molar-refractivity contribution in [2.24, 2.45) is 0 Å². The number of anilines is 1. The SMILES string of the molecule is CCOc1ccc(S(=O)(=O)N(C)Cc2ccc(N3CCOCC3)cc2)cc1. The van der Waals surface area contributed by atoms with E-state index in [0.717, 1.165) is 37.6 Å². The second-order valence-corrected chi connectivity index (χ2v) is 8.48. The Kier molecular flexibility index (Phi) is 6.36. The van der Waals surface area contributed by atoms with E-state index >= 15 is 0 Å². The number of rotatable bonds is 7. The third-order valence-electron chi connectivity index (χ3n) is 4.56. The van der Waals surface area contributed by atoms with Crippen LogP contribution in [0.5, 0.6) is 5.75 Å². The largest absolute Gasteiger partial charge is 0.494 e. The molecule has 0 amide bonds. The molecule has 0 aliphatic carbocycles. The lowest BCUT2D eigenvalue weighted by Gasteiger charge is -2.29. The first-order chi connectivity index (χ1) is 13.0. The smallest absolute Gasteiger partial charge is 0.243 e. The van der Waals surface area contributed by atoms with Gasteiger partial charge >= 0.3 is 0 Å². The van der Waals surface area contributed by atoms with Gasteiger partial charge in [-0.25, -0.2) is 8.42 Å². The number of nitrogens with zero attached hydrogens (tertiary/aromatic N) is 2. The molecule has 0 atom stereocenters. The van der Waals surface area contributed by atoms with Gasteiger partial charge in [0.15, 0.2) is 0 Å². The summed E-state index contributed by atoms with van der Waals surface area (Å²) in [5.74, 6) is 0.665. The zero-order valence-corrected chi connectivity index (χ0v) is 16.6. The van der Waals surface area contributed by atoms with Crippen molar-refractivity contribution in [1.29, 1.82) is 0 Å². The van der Waals surface area contributed by atoms with Crippen molar-refractivity contribution in [3.05, 3.63) is 54.1 Å². The molecule has 1 aliphatic heterocycles. The summed E-state index contributed by atoms with van der Waals surface area (Å²) >= 11 is 0. The average Bonchev–Trinajstić information content (AvgIpc) is 2.70. The molecule has 27 heavy (non-hydrogen) atoms. The number of hydrogen-bond donors (Lipinski definition) is 0. The highest BCUT2D eigenvalue weighted by Crippen LogP contribution is 2.22. The fourth-order valence-electron chi connectivity index (χ4n) is 3.03. The third-order valence-corrected chi connectivity index (χ3v) is 6.38. The number of benzene rings is 2. The second-order valence-electron chi connectivity index (χ2n) is 6.43. The Labute approximate surface area is 161 Å². The maximum absolute atomic E-state index is 12.8. The number of ether oxygens (including phenoxy) is 2. The quantitative estimate of drug-likeness (QED) is 0.728. The maximum Gasteiger partial charge on any atom is 0.243 e. The van der Waals surface area contributed by atoms with Gasteiger partial charge in [-0.05, 0) is 48.9 Å². The minimum Gasteiger partial charge on any atom is -0.494 e. The summed E-state index contributed by atoms with van der Waals surface area (Å²) < 4.78 is 37.7. The van der Waals surface area contributed by atoms with Gasteiger partial charge in [0.25, 0.3) is 0 Å². The maximum atomic E-state index is 12.8. The van der Waals surface area contributed by atoms with Crippen LogP contribution in [-0.2, 0) is 21.3 Å². The Bertz CT molecular complexity index is 829. The zero-order chi connectivity index (χ0) is 19.3. The lowest BCUT2D eigenvalue weighted by molar-refractivity contribution is 0.122. The zero-order valence-electron chi connectivity index (χ0n) is 15.8. The van der Waals surface area contributed by atoms with Crippen LogP contribution in [-0.4, -0.2) is 52.7 Å². The summed E-state index contributed by atoms with van der Waals surface area (Å²) in [5.41, 5.74) is 2.09. The molecule has 0 unspecified atom stereocenters. The van der Waals surface area contributed by atoms with E-state index in [2.05, 4.69) is 4.90 Å². The fourth-order valence-corrected chi connectivity index (χ4v) is 4.19. The van der Waals surface area contributed by atoms with Gasteiger partial charge < -0.3 is 14.4 Å². The van der Waals surface area contributed by atoms with Crippen molar-refractivity contribution in [3.8, 4) is 5.75 Å². The summed E-state index contributed by atoms with van der Waals surface area (Å²) in [7, 11) is -1.95. The molecule has 2 aromatic rings. The Morgan fingerprint density at radius 2 is 1.67 bits per heavy atom. The highest BCUT2D eigenvalue weighted by molar-refractivity contribution is 7.89. The van der Waals surface area contributed by atoms with Gasteiger partial charge in [0.1, 0.15) is 5.75 Å². The number of sulfonamides is 1. The molecule has 2 aromatic carbocycles. The van der Waals surface area contributed by atoms with Crippen LogP contribution in [0.15, 0.2) is 53.4 Å². The summed E-state index contributed by atoms with van der Waals surface area (Å²) in [4.78, 5) is 2.53. The molecule has 146 valence electrons. The summed E-state index contributed by atoms with van der Waals surface area (Å²) in [6, 6.07) is 14.6. The predicted molar refractivity (Wildman–Crippen MR) is 106 cm³/mol. The normalized spacial score (nSPS) is 15.1. The first kappa shape index (κ1) is 19.7. The van der Waals surface area contributed by atoms with Crippen molar-refractivity contribution in [1.82, 2.24) is 4.31 Å². The molecule has 1 saturated heterocycles. The Morgan fingerprint density at radius 1 is 1.04 bits per heavy atom. The third kappa shape index (κ3) is 4.80. The Balaban J connectivity index is 1.67. The first-order valence-corrected chi connectivity index (χ1v) is 10.6. The topological polar surface area (TPSA) is 59.1 Å². The number of hydrogen-bond acceptors (Lipinski definition) is 5. The first-order valence-electron chi connectivity index (χ1n) is 9.11. The van der Waals surface area contributed by atoms with E-state index < -0.39 is 10.0 Å². The van der Waals surface area contributed by atoms with Crippen LogP contribution >= 0.6 is 0 Å². The molecule has 1 heterocycles. The van der Waals surface area contributed by atoms with Crippen LogP contribution < -0.4 is 9.64 Å². The van der Waals surface area contributed by atoms with Crippen LogP contribution in [0.1, 0.15) is 12.5 Å². The molecule has 0 bridgehead atoms. The van der Waals surface area contributed by atoms with E-state index in [-0.39, 0.29) is 4.90 Å². The van der Waals surface area contributed by atoms with Crippen LogP contribution in [0.3, 0.4) is 0 Å². The molecule has 1 fully saturated rings. The molecular weight excluding hydrogens is 364 g/mol. The van der Waals surface area contributed by atoms with Crippen LogP contribution in [0.25, 0.3) is 0 Å². The highest BCUT2D eigenvalue weighted by atomic mass is 32.2. The van der Waals surface area contributed by atoms with Crippen molar-refractivity contribution in [2.75, 3.05) is 44.9 Å². The standard InChI is InChI=1S/C20H26N2O4S/c1-3-26-19-8-10-20(11-9-19)27(23,24)21(2)16-17-4-6-18(7-5-17)22-12-14-25-15-13-22/h4-11H,3,12-16H2,1-2H3. The summed E-state index contributed by atoms with van der Waals surface area (Å²) in [5, 5.41) is 0. The van der Waals surface area contributed by atoms with E-state index in [4.69, 9.17) is 9.47 Å². The minimum atomic E-state index is -3.55. The van der Waals surface area contributed by atoms with Crippen molar-refractivity contribution >= 4 is 15.7 Å². The van der Waals surface area contributed by atoms with Gasteiger partial charge in [0.05, 0.1) is 24.7 Å². The molecule has 0 aromatic heterocycles. The van der Waals surface area contributed by atoms with Crippen molar-refractivity contribution in [3.63, 3.8) is 0 Å². The fraction of sp³-hybridized carbons (Fsp3) is 0.400. The number of morpholine rings is 1. The van der Waals surface area contributed by atoms with Gasteiger partial charge in [-0.3, -0.25) is 0 Å². The summed E-state index contributed by atoms with van der Waals surface area (Å²) in [6.45, 7) is 6.00. The molecule has 0 radical (unpaired) electrons. The molecule has 7 heteroatoms. The Hall–Kier alpha value is -2.09. The Morgan fingerprint density at radius 3 is 2.26 bits per heavy atom. The van der Waals surface area contributed by atoms with Gasteiger partial charge in [-0.2, -0.15) is 4.31 Å². The molecule has 0 N–H and O–H groups in total. The summed E-state index contributed by atoms with van der Waals surface area (Å²) in [6.07, 6.45) is 0. The minimum absolute atomic E-state index is 0.262. The van der Waals surface area contributed by atoms with E-state index in [1.807, 2.05) is 31.2 Å². The van der Waals surface area contributed by atoms with Crippen LogP contribution in [0.2, 0.25) is 0 Å². The molecule has 0 spiro atoms. The van der Waals surface area contributed by atoms with Crippen LogP contribution in [0, 0.1) is 0 Å². The van der Waals surface area contributed by atoms with E-state index in [9.17, 15) is 8.42 Å². The van der Waals surface area contributed by atoms with Crippen LogP contribution in [0.4, 0.5) is 5.69 Å². The monoisotopic (exact) mass is 390 g/mol. The van der Waals surface area contributed by atoms with E-state index in [1.165, 1.54) is 4.31 Å². The molecule has 1 aliphatic rings. The lowest BCUT2D eigenvalue weighted by atomic mass is 10.2. The molecular formula is C20H26N2O4S. The van der Waals surface area contributed by atoms with Gasteiger partial charge in [0.2, 0.25) is 10.0 Å². The molecule has 6 nitrogen and oxygen atoms in total. The van der Waals surface area contributed by atoms with Crippen molar-refractivity contribution < 1.29 is 17.9 Å². The van der Waals surface area contributed by atoms with Gasteiger partial charge in [-0.15, -0.1) is 0 Å².